The lowest BCUT2D eigenvalue weighted by Crippen LogP contribution is -2.23. The van der Waals surface area contributed by atoms with Gasteiger partial charge in [-0.3, -0.25) is 9.69 Å². The van der Waals surface area contributed by atoms with E-state index in [-0.39, 0.29) is 11.6 Å². The number of carbonyl (C=O) groups excluding carboxylic acids is 1. The highest BCUT2D eigenvalue weighted by Gasteiger charge is 2.20. The third-order valence-corrected chi connectivity index (χ3v) is 4.70. The van der Waals surface area contributed by atoms with Gasteiger partial charge < -0.3 is 0 Å². The zero-order chi connectivity index (χ0) is 18.8. The van der Waals surface area contributed by atoms with Crippen molar-refractivity contribution in [3.63, 3.8) is 0 Å². The molecule has 0 aliphatic carbocycles. The number of carbonyl (C=O) groups is 1. The highest BCUT2D eigenvalue weighted by atomic mass is 32.1. The molecule has 0 N–H and O–H groups in total. The maximum Gasteiger partial charge on any atom is 0.230 e. The van der Waals surface area contributed by atoms with Crippen LogP contribution in [0.4, 0.5) is 15.2 Å². The Labute approximate surface area is 158 Å². The van der Waals surface area contributed by atoms with Crippen LogP contribution in [0.5, 0.6) is 0 Å². The second-order valence-corrected chi connectivity index (χ2v) is 6.52. The summed E-state index contributed by atoms with van der Waals surface area (Å²) in [6.45, 7) is 1.37. The summed E-state index contributed by atoms with van der Waals surface area (Å²) < 4.78 is 15.8. The summed E-state index contributed by atoms with van der Waals surface area (Å²) in [7, 11) is 0. The number of thiazole rings is 1. The zero-order valence-electron chi connectivity index (χ0n) is 14.3. The van der Waals surface area contributed by atoms with Gasteiger partial charge in [-0.25, -0.2) is 19.0 Å². The van der Waals surface area contributed by atoms with E-state index in [0.29, 0.717) is 10.8 Å². The Kier molecular flexibility index (Phi) is 4.47. The molecule has 2 heterocycles. The standard InChI is InChI=1S/C19H14FN5OS/c1-13(26)25(17-8-4-2-6-15(17)20)19-23-14(11-27-19)10-22-24-12-21-16-7-3-5-9-18(16)24/h2-12H,1H3/b22-10-. The normalized spacial score (nSPS) is 11.3. The summed E-state index contributed by atoms with van der Waals surface area (Å²) in [5.74, 6) is -0.804. The van der Waals surface area contributed by atoms with Gasteiger partial charge in [0.1, 0.15) is 12.1 Å². The highest BCUT2D eigenvalue weighted by Crippen LogP contribution is 2.30. The van der Waals surface area contributed by atoms with E-state index in [0.717, 1.165) is 11.0 Å². The summed E-state index contributed by atoms with van der Waals surface area (Å²) in [6, 6.07) is 13.8. The van der Waals surface area contributed by atoms with Gasteiger partial charge in [0, 0.05) is 12.3 Å². The molecule has 6 nitrogen and oxygen atoms in total. The lowest BCUT2D eigenvalue weighted by atomic mass is 10.3. The number of halogens is 1. The first kappa shape index (κ1) is 17.0. The van der Waals surface area contributed by atoms with Gasteiger partial charge in [-0.05, 0) is 24.3 Å². The van der Waals surface area contributed by atoms with Crippen LogP contribution < -0.4 is 4.90 Å². The quantitative estimate of drug-likeness (QED) is 0.499. The molecule has 0 aliphatic heterocycles. The molecule has 134 valence electrons. The van der Waals surface area contributed by atoms with E-state index in [1.54, 1.807) is 40.8 Å². The van der Waals surface area contributed by atoms with Crippen LogP contribution in [0, 0.1) is 5.82 Å². The second-order valence-electron chi connectivity index (χ2n) is 5.68. The average Bonchev–Trinajstić information content (AvgIpc) is 3.29. The molecule has 0 bridgehead atoms. The first-order valence-electron chi connectivity index (χ1n) is 8.10. The van der Waals surface area contributed by atoms with E-state index >= 15 is 0 Å². The van der Waals surface area contributed by atoms with Crippen molar-refractivity contribution < 1.29 is 9.18 Å². The molecule has 4 rings (SSSR count). The number of hydrogen-bond acceptors (Lipinski definition) is 5. The highest BCUT2D eigenvalue weighted by molar-refractivity contribution is 7.14. The molecule has 8 heteroatoms. The van der Waals surface area contributed by atoms with Crippen molar-refractivity contribution in [1.82, 2.24) is 14.6 Å². The van der Waals surface area contributed by atoms with E-state index in [9.17, 15) is 9.18 Å². The maximum atomic E-state index is 14.1. The van der Waals surface area contributed by atoms with Gasteiger partial charge in [0.2, 0.25) is 5.91 Å². The smallest absolute Gasteiger partial charge is 0.230 e. The van der Waals surface area contributed by atoms with Crippen molar-refractivity contribution in [3.8, 4) is 0 Å². The molecule has 0 atom stereocenters. The minimum Gasteiger partial charge on any atom is -0.274 e. The fraction of sp³-hybridized carbons (Fsp3) is 0.0526. The van der Waals surface area contributed by atoms with Crippen molar-refractivity contribution in [3.05, 3.63) is 71.7 Å². The van der Waals surface area contributed by atoms with Crippen molar-refractivity contribution >= 4 is 45.3 Å². The molecule has 0 aliphatic rings. The van der Waals surface area contributed by atoms with Crippen LogP contribution in [0.25, 0.3) is 11.0 Å². The third-order valence-electron chi connectivity index (χ3n) is 3.86. The molecule has 2 aromatic heterocycles. The van der Waals surface area contributed by atoms with E-state index in [4.69, 9.17) is 0 Å². The fourth-order valence-electron chi connectivity index (χ4n) is 2.64. The molecule has 27 heavy (non-hydrogen) atoms. The molecule has 0 unspecified atom stereocenters. The fourth-order valence-corrected chi connectivity index (χ4v) is 3.47. The Bertz CT molecular complexity index is 1150. The van der Waals surface area contributed by atoms with Crippen LogP contribution >= 0.6 is 11.3 Å². The van der Waals surface area contributed by atoms with Crippen molar-refractivity contribution in [2.45, 2.75) is 6.92 Å². The number of amides is 1. The summed E-state index contributed by atoms with van der Waals surface area (Å²) in [5.41, 5.74) is 2.45. The van der Waals surface area contributed by atoms with Crippen LogP contribution in [0.15, 0.2) is 65.3 Å². The molecule has 0 radical (unpaired) electrons. The largest absolute Gasteiger partial charge is 0.274 e. The molecule has 1 amide bonds. The minimum absolute atomic E-state index is 0.170. The van der Waals surface area contributed by atoms with Crippen LogP contribution in [0.1, 0.15) is 12.6 Å². The van der Waals surface area contributed by atoms with Crippen molar-refractivity contribution in [1.29, 1.82) is 0 Å². The van der Waals surface area contributed by atoms with Crippen molar-refractivity contribution in [2.75, 3.05) is 4.90 Å². The molecule has 0 saturated carbocycles. The Balaban J connectivity index is 1.64. The molecule has 0 saturated heterocycles. The van der Waals surface area contributed by atoms with Gasteiger partial charge in [0.05, 0.1) is 28.6 Å². The van der Waals surface area contributed by atoms with Gasteiger partial charge in [-0.15, -0.1) is 11.3 Å². The van der Waals surface area contributed by atoms with E-state index in [1.165, 1.54) is 29.2 Å². The van der Waals surface area contributed by atoms with E-state index in [1.807, 2.05) is 24.3 Å². The summed E-state index contributed by atoms with van der Waals surface area (Å²) >= 11 is 1.24. The number of rotatable bonds is 4. The monoisotopic (exact) mass is 379 g/mol. The Morgan fingerprint density at radius 2 is 2.00 bits per heavy atom. The molecule has 0 spiro atoms. The first-order valence-corrected chi connectivity index (χ1v) is 8.98. The van der Waals surface area contributed by atoms with Crippen molar-refractivity contribution in [2.24, 2.45) is 5.10 Å². The predicted octanol–water partition coefficient (Wildman–Crippen LogP) is 4.20. The summed E-state index contributed by atoms with van der Waals surface area (Å²) in [5, 5.41) is 6.51. The Morgan fingerprint density at radius 1 is 1.22 bits per heavy atom. The van der Waals surface area contributed by atoms with Gasteiger partial charge in [-0.1, -0.05) is 24.3 Å². The lowest BCUT2D eigenvalue weighted by molar-refractivity contribution is -0.115. The summed E-state index contributed by atoms with van der Waals surface area (Å²) in [6.07, 6.45) is 3.20. The Morgan fingerprint density at radius 3 is 2.81 bits per heavy atom. The van der Waals surface area contributed by atoms with E-state index < -0.39 is 5.82 Å². The molecular formula is C19H14FN5OS. The number of hydrogen-bond donors (Lipinski definition) is 0. The second kappa shape index (κ2) is 7.08. The predicted molar refractivity (Wildman–Crippen MR) is 104 cm³/mol. The first-order chi connectivity index (χ1) is 13.1. The topological polar surface area (TPSA) is 63.4 Å². The van der Waals surface area contributed by atoms with Crippen LogP contribution in [0.2, 0.25) is 0 Å². The van der Waals surface area contributed by atoms with Crippen LogP contribution in [-0.2, 0) is 4.79 Å². The molecule has 2 aromatic carbocycles. The number of anilines is 2. The number of para-hydroxylation sites is 3. The number of imidazole rings is 1. The average molecular weight is 379 g/mol. The molecule has 4 aromatic rings. The third kappa shape index (κ3) is 3.34. The van der Waals surface area contributed by atoms with Gasteiger partial charge in [0.15, 0.2) is 5.13 Å². The minimum atomic E-state index is -0.483. The Hall–Kier alpha value is -3.39. The van der Waals surface area contributed by atoms with Gasteiger partial charge in [-0.2, -0.15) is 5.10 Å². The summed E-state index contributed by atoms with van der Waals surface area (Å²) in [4.78, 5) is 22.0. The van der Waals surface area contributed by atoms with Gasteiger partial charge in [0.25, 0.3) is 0 Å². The number of aromatic nitrogens is 3. The maximum absolute atomic E-state index is 14.1. The molecular weight excluding hydrogens is 365 g/mol. The number of fused-ring (bicyclic) bond motifs is 1. The van der Waals surface area contributed by atoms with Crippen LogP contribution in [0.3, 0.4) is 0 Å². The van der Waals surface area contributed by atoms with E-state index in [2.05, 4.69) is 15.1 Å². The SMILES string of the molecule is CC(=O)N(c1nc(/C=N\n2cnc3ccccc32)cs1)c1ccccc1F. The van der Waals surface area contributed by atoms with Gasteiger partial charge >= 0.3 is 0 Å². The number of nitrogens with zero attached hydrogens (tertiary/aromatic N) is 5. The zero-order valence-corrected chi connectivity index (χ0v) is 15.1. The van der Waals surface area contributed by atoms with Crippen LogP contribution in [-0.4, -0.2) is 26.8 Å². The number of benzene rings is 2. The molecule has 0 fully saturated rings. The lowest BCUT2D eigenvalue weighted by Gasteiger charge is -2.18.